The first kappa shape index (κ1) is 12.8. The molecule has 1 aliphatic carbocycles. The van der Waals surface area contributed by atoms with Crippen molar-refractivity contribution in [1.29, 1.82) is 0 Å². The van der Waals surface area contributed by atoms with Crippen LogP contribution in [0.4, 0.5) is 0 Å². The first-order valence-electron chi connectivity index (χ1n) is 6.23. The standard InChI is InChI=1S/C12H24S2/c13-14-12-10-8-6-4-2-1-3-5-7-9-11-12/h12-13H,1-11H2. The first-order chi connectivity index (χ1) is 6.93. The summed E-state index contributed by atoms with van der Waals surface area (Å²) in [6.45, 7) is 0. The van der Waals surface area contributed by atoms with E-state index < -0.39 is 0 Å². The Morgan fingerprint density at radius 3 is 1.36 bits per heavy atom. The summed E-state index contributed by atoms with van der Waals surface area (Å²) in [5, 5.41) is 0.831. The minimum atomic E-state index is 0.831. The highest BCUT2D eigenvalue weighted by atomic mass is 33.1. The van der Waals surface area contributed by atoms with Gasteiger partial charge in [0.25, 0.3) is 0 Å². The molecule has 0 radical (unpaired) electrons. The number of rotatable bonds is 1. The van der Waals surface area contributed by atoms with Crippen molar-refractivity contribution in [3.8, 4) is 0 Å². The van der Waals surface area contributed by atoms with Crippen LogP contribution in [0.3, 0.4) is 0 Å². The van der Waals surface area contributed by atoms with E-state index in [1.165, 1.54) is 70.6 Å². The van der Waals surface area contributed by atoms with Crippen molar-refractivity contribution >= 4 is 22.5 Å². The Morgan fingerprint density at radius 2 is 1.00 bits per heavy atom. The largest absolute Gasteiger partial charge is 0.111 e. The van der Waals surface area contributed by atoms with Crippen LogP contribution in [0.25, 0.3) is 0 Å². The van der Waals surface area contributed by atoms with Gasteiger partial charge in [-0.25, -0.2) is 0 Å². The lowest BCUT2D eigenvalue weighted by molar-refractivity contribution is 0.510. The average molecular weight is 232 g/mol. The Kier molecular flexibility index (Phi) is 8.18. The van der Waals surface area contributed by atoms with Crippen LogP contribution in [-0.2, 0) is 0 Å². The molecule has 0 aliphatic heterocycles. The monoisotopic (exact) mass is 232 g/mol. The molecule has 0 unspecified atom stereocenters. The van der Waals surface area contributed by atoms with E-state index in [1.807, 2.05) is 0 Å². The molecule has 0 aromatic carbocycles. The third-order valence-corrected chi connectivity index (χ3v) is 4.87. The lowest BCUT2D eigenvalue weighted by atomic mass is 10.0. The van der Waals surface area contributed by atoms with E-state index in [-0.39, 0.29) is 0 Å². The van der Waals surface area contributed by atoms with E-state index in [0.717, 1.165) is 5.25 Å². The van der Waals surface area contributed by atoms with Crippen LogP contribution >= 0.6 is 22.5 Å². The van der Waals surface area contributed by atoms with Gasteiger partial charge in [-0.2, -0.15) is 0 Å². The molecule has 0 N–H and O–H groups in total. The van der Waals surface area contributed by atoms with Crippen LogP contribution in [0, 0.1) is 0 Å². The molecule has 0 amide bonds. The van der Waals surface area contributed by atoms with Crippen LogP contribution in [0.15, 0.2) is 0 Å². The van der Waals surface area contributed by atoms with Gasteiger partial charge in [0.1, 0.15) is 0 Å². The predicted octanol–water partition coefficient (Wildman–Crippen LogP) is 5.24. The van der Waals surface area contributed by atoms with Gasteiger partial charge >= 0.3 is 0 Å². The average Bonchev–Trinajstić information content (AvgIpc) is 2.19. The van der Waals surface area contributed by atoms with Gasteiger partial charge < -0.3 is 0 Å². The van der Waals surface area contributed by atoms with Gasteiger partial charge in [0, 0.05) is 5.25 Å². The van der Waals surface area contributed by atoms with Crippen molar-refractivity contribution in [3.63, 3.8) is 0 Å². The maximum Gasteiger partial charge on any atom is 0.0149 e. The van der Waals surface area contributed by atoms with Gasteiger partial charge in [-0.1, -0.05) is 68.6 Å². The molecule has 0 atom stereocenters. The molecular formula is C12H24S2. The van der Waals surface area contributed by atoms with E-state index >= 15 is 0 Å². The Labute approximate surface area is 98.4 Å². The van der Waals surface area contributed by atoms with Crippen molar-refractivity contribution in [2.24, 2.45) is 0 Å². The van der Waals surface area contributed by atoms with Gasteiger partial charge in [0.2, 0.25) is 0 Å². The number of hydrogen-bond donors (Lipinski definition) is 1. The van der Waals surface area contributed by atoms with Gasteiger partial charge in [0.05, 0.1) is 0 Å². The molecule has 0 heterocycles. The van der Waals surface area contributed by atoms with E-state index in [2.05, 4.69) is 11.7 Å². The van der Waals surface area contributed by atoms with Crippen LogP contribution in [0.1, 0.15) is 70.6 Å². The molecule has 84 valence electrons. The van der Waals surface area contributed by atoms with E-state index in [4.69, 9.17) is 0 Å². The van der Waals surface area contributed by atoms with Crippen molar-refractivity contribution in [3.05, 3.63) is 0 Å². The Morgan fingerprint density at radius 1 is 0.643 bits per heavy atom. The van der Waals surface area contributed by atoms with Gasteiger partial charge in [-0.3, -0.25) is 0 Å². The molecular weight excluding hydrogens is 208 g/mol. The molecule has 14 heavy (non-hydrogen) atoms. The molecule has 1 rings (SSSR count). The van der Waals surface area contributed by atoms with Gasteiger partial charge in [-0.15, -0.1) is 11.7 Å². The second-order valence-electron chi connectivity index (χ2n) is 4.49. The molecule has 1 saturated carbocycles. The third kappa shape index (κ3) is 6.23. The van der Waals surface area contributed by atoms with Crippen LogP contribution in [-0.4, -0.2) is 5.25 Å². The molecule has 0 bridgehead atoms. The fraction of sp³-hybridized carbons (Fsp3) is 1.00. The lowest BCUT2D eigenvalue weighted by Gasteiger charge is -2.14. The predicted molar refractivity (Wildman–Crippen MR) is 71.2 cm³/mol. The fourth-order valence-electron chi connectivity index (χ4n) is 2.23. The summed E-state index contributed by atoms with van der Waals surface area (Å²) in [4.78, 5) is 0. The molecule has 2 heteroatoms. The zero-order valence-corrected chi connectivity index (χ0v) is 10.9. The number of hydrogen-bond acceptors (Lipinski definition) is 2. The van der Waals surface area contributed by atoms with Crippen molar-refractivity contribution in [2.45, 2.75) is 75.9 Å². The maximum absolute atomic E-state index is 4.37. The molecule has 0 saturated heterocycles. The Bertz CT molecular complexity index is 113. The topological polar surface area (TPSA) is 0 Å². The molecule has 0 spiro atoms. The molecule has 0 nitrogen and oxygen atoms in total. The molecule has 1 aliphatic rings. The summed E-state index contributed by atoms with van der Waals surface area (Å²) < 4.78 is 0. The first-order valence-corrected chi connectivity index (χ1v) is 8.17. The lowest BCUT2D eigenvalue weighted by Crippen LogP contribution is -2.01. The van der Waals surface area contributed by atoms with E-state index in [9.17, 15) is 0 Å². The zero-order chi connectivity index (χ0) is 10.1. The molecule has 0 aromatic rings. The Hall–Kier alpha value is 0.700. The zero-order valence-electron chi connectivity index (χ0n) is 9.21. The second kappa shape index (κ2) is 8.96. The quantitative estimate of drug-likeness (QED) is 0.476. The van der Waals surface area contributed by atoms with Gasteiger partial charge in [0.15, 0.2) is 0 Å². The number of thiol groups is 1. The summed E-state index contributed by atoms with van der Waals surface area (Å²) >= 11 is 4.37. The molecule has 1 fully saturated rings. The summed E-state index contributed by atoms with van der Waals surface area (Å²) in [5.41, 5.74) is 0. The minimum absolute atomic E-state index is 0.831. The third-order valence-electron chi connectivity index (χ3n) is 3.20. The van der Waals surface area contributed by atoms with Crippen LogP contribution < -0.4 is 0 Å². The highest BCUT2D eigenvalue weighted by molar-refractivity contribution is 8.68. The summed E-state index contributed by atoms with van der Waals surface area (Å²) in [6, 6.07) is 0. The smallest absolute Gasteiger partial charge is 0.0149 e. The van der Waals surface area contributed by atoms with Crippen molar-refractivity contribution < 1.29 is 0 Å². The maximum atomic E-state index is 4.37. The van der Waals surface area contributed by atoms with Crippen LogP contribution in [0.2, 0.25) is 0 Å². The fourth-order valence-corrected chi connectivity index (χ4v) is 3.41. The second-order valence-corrected chi connectivity index (χ2v) is 6.00. The highest BCUT2D eigenvalue weighted by Gasteiger charge is 2.07. The highest BCUT2D eigenvalue weighted by Crippen LogP contribution is 2.27. The van der Waals surface area contributed by atoms with E-state index in [0.29, 0.717) is 0 Å². The molecule has 0 aromatic heterocycles. The van der Waals surface area contributed by atoms with E-state index in [1.54, 1.807) is 10.8 Å². The van der Waals surface area contributed by atoms with Crippen molar-refractivity contribution in [1.82, 2.24) is 0 Å². The van der Waals surface area contributed by atoms with Crippen molar-refractivity contribution in [2.75, 3.05) is 0 Å². The summed E-state index contributed by atoms with van der Waals surface area (Å²) in [5.74, 6) is 0. The Balaban J connectivity index is 2.17. The summed E-state index contributed by atoms with van der Waals surface area (Å²) in [7, 11) is 1.79. The normalized spacial score (nSPS) is 23.8. The SMILES string of the molecule is SSC1CCCCCCCCCCC1. The van der Waals surface area contributed by atoms with Gasteiger partial charge in [-0.05, 0) is 12.8 Å². The van der Waals surface area contributed by atoms with Crippen LogP contribution in [0.5, 0.6) is 0 Å². The minimum Gasteiger partial charge on any atom is -0.111 e. The summed E-state index contributed by atoms with van der Waals surface area (Å²) in [6.07, 6.45) is 15.9.